The van der Waals surface area contributed by atoms with Gasteiger partial charge in [-0.25, -0.2) is 0 Å². The SMILES string of the molecule is C1=NOC(COCc2ccccc2)C1. The molecule has 1 unspecified atom stereocenters. The molecule has 1 atom stereocenters. The Bertz CT molecular complexity index is 289. The highest BCUT2D eigenvalue weighted by atomic mass is 16.7. The summed E-state index contributed by atoms with van der Waals surface area (Å²) < 4.78 is 5.50. The minimum atomic E-state index is 0.110. The summed E-state index contributed by atoms with van der Waals surface area (Å²) in [5, 5.41) is 3.69. The molecule has 1 heterocycles. The van der Waals surface area contributed by atoms with Gasteiger partial charge in [-0.2, -0.15) is 0 Å². The second-order valence-corrected chi connectivity index (χ2v) is 3.25. The Labute approximate surface area is 83.3 Å². The minimum absolute atomic E-state index is 0.110. The van der Waals surface area contributed by atoms with Crippen molar-refractivity contribution in [3.8, 4) is 0 Å². The van der Waals surface area contributed by atoms with Crippen molar-refractivity contribution in [3.05, 3.63) is 35.9 Å². The second kappa shape index (κ2) is 4.77. The average Bonchev–Trinajstić information content (AvgIpc) is 2.72. The van der Waals surface area contributed by atoms with E-state index in [1.807, 2.05) is 30.3 Å². The van der Waals surface area contributed by atoms with E-state index >= 15 is 0 Å². The molecule has 0 bridgehead atoms. The fourth-order valence-corrected chi connectivity index (χ4v) is 1.31. The summed E-state index contributed by atoms with van der Waals surface area (Å²) in [5.41, 5.74) is 1.19. The monoisotopic (exact) mass is 191 g/mol. The quantitative estimate of drug-likeness (QED) is 0.728. The molecule has 0 aromatic heterocycles. The van der Waals surface area contributed by atoms with Gasteiger partial charge in [-0.05, 0) is 5.56 Å². The van der Waals surface area contributed by atoms with Gasteiger partial charge in [0.2, 0.25) is 0 Å². The molecular weight excluding hydrogens is 178 g/mol. The Morgan fingerprint density at radius 3 is 2.93 bits per heavy atom. The van der Waals surface area contributed by atoms with E-state index in [1.54, 1.807) is 6.21 Å². The summed E-state index contributed by atoms with van der Waals surface area (Å²) in [6.45, 7) is 1.25. The topological polar surface area (TPSA) is 30.8 Å². The summed E-state index contributed by atoms with van der Waals surface area (Å²) in [5.74, 6) is 0. The molecular formula is C11H13NO2. The van der Waals surface area contributed by atoms with Gasteiger partial charge in [0.25, 0.3) is 0 Å². The Morgan fingerprint density at radius 1 is 1.36 bits per heavy atom. The van der Waals surface area contributed by atoms with Gasteiger partial charge in [0.05, 0.1) is 13.2 Å². The van der Waals surface area contributed by atoms with E-state index in [0.717, 1.165) is 6.42 Å². The van der Waals surface area contributed by atoms with E-state index in [1.165, 1.54) is 5.56 Å². The van der Waals surface area contributed by atoms with E-state index in [0.29, 0.717) is 13.2 Å². The molecule has 0 aliphatic carbocycles. The van der Waals surface area contributed by atoms with Crippen LogP contribution in [-0.2, 0) is 16.2 Å². The molecule has 0 spiro atoms. The fourth-order valence-electron chi connectivity index (χ4n) is 1.31. The predicted molar refractivity (Wildman–Crippen MR) is 54.1 cm³/mol. The molecule has 1 aliphatic heterocycles. The number of rotatable bonds is 4. The third-order valence-corrected chi connectivity index (χ3v) is 2.07. The van der Waals surface area contributed by atoms with Gasteiger partial charge in [-0.3, -0.25) is 0 Å². The van der Waals surface area contributed by atoms with Crippen LogP contribution in [0.15, 0.2) is 35.5 Å². The molecule has 3 heteroatoms. The molecule has 1 aromatic rings. The smallest absolute Gasteiger partial charge is 0.155 e. The van der Waals surface area contributed by atoms with Gasteiger partial charge < -0.3 is 9.57 Å². The minimum Gasteiger partial charge on any atom is -0.390 e. The molecule has 0 N–H and O–H groups in total. The van der Waals surface area contributed by atoms with Crippen molar-refractivity contribution in [1.82, 2.24) is 0 Å². The van der Waals surface area contributed by atoms with Gasteiger partial charge in [0, 0.05) is 12.6 Å². The molecule has 0 saturated carbocycles. The number of nitrogens with zero attached hydrogens (tertiary/aromatic N) is 1. The van der Waals surface area contributed by atoms with Crippen LogP contribution in [-0.4, -0.2) is 18.9 Å². The molecule has 1 aromatic carbocycles. The Hall–Kier alpha value is -1.35. The summed E-state index contributed by atoms with van der Waals surface area (Å²) in [7, 11) is 0. The van der Waals surface area contributed by atoms with Gasteiger partial charge in [-0.1, -0.05) is 35.5 Å². The molecule has 0 saturated heterocycles. The van der Waals surface area contributed by atoms with Crippen LogP contribution in [0.4, 0.5) is 0 Å². The van der Waals surface area contributed by atoms with Crippen molar-refractivity contribution >= 4 is 6.21 Å². The number of ether oxygens (including phenoxy) is 1. The zero-order valence-electron chi connectivity index (χ0n) is 7.93. The van der Waals surface area contributed by atoms with Crippen molar-refractivity contribution in [2.24, 2.45) is 5.16 Å². The van der Waals surface area contributed by atoms with E-state index in [-0.39, 0.29) is 6.10 Å². The van der Waals surface area contributed by atoms with Gasteiger partial charge in [0.1, 0.15) is 0 Å². The van der Waals surface area contributed by atoms with E-state index in [9.17, 15) is 0 Å². The summed E-state index contributed by atoms with van der Waals surface area (Å²) in [4.78, 5) is 5.04. The lowest BCUT2D eigenvalue weighted by atomic mass is 10.2. The zero-order chi connectivity index (χ0) is 9.64. The van der Waals surface area contributed by atoms with Crippen LogP contribution in [0.3, 0.4) is 0 Å². The van der Waals surface area contributed by atoms with Gasteiger partial charge >= 0.3 is 0 Å². The third-order valence-electron chi connectivity index (χ3n) is 2.07. The van der Waals surface area contributed by atoms with Crippen molar-refractivity contribution in [3.63, 3.8) is 0 Å². The van der Waals surface area contributed by atoms with Crippen LogP contribution in [0.2, 0.25) is 0 Å². The third kappa shape index (κ3) is 2.57. The molecule has 0 radical (unpaired) electrons. The second-order valence-electron chi connectivity index (χ2n) is 3.25. The zero-order valence-corrected chi connectivity index (χ0v) is 7.93. The number of hydrogen-bond donors (Lipinski definition) is 0. The first-order chi connectivity index (χ1) is 6.95. The summed E-state index contributed by atoms with van der Waals surface area (Å²) in [6, 6.07) is 10.1. The van der Waals surface area contributed by atoms with Crippen LogP contribution in [0, 0.1) is 0 Å². The number of hydrogen-bond acceptors (Lipinski definition) is 3. The van der Waals surface area contributed by atoms with Crippen molar-refractivity contribution in [1.29, 1.82) is 0 Å². The van der Waals surface area contributed by atoms with Crippen LogP contribution in [0.1, 0.15) is 12.0 Å². The first kappa shape index (κ1) is 9.21. The van der Waals surface area contributed by atoms with Crippen molar-refractivity contribution in [2.75, 3.05) is 6.61 Å². The number of benzene rings is 1. The first-order valence-electron chi connectivity index (χ1n) is 4.74. The summed E-state index contributed by atoms with van der Waals surface area (Å²) >= 11 is 0. The summed E-state index contributed by atoms with van der Waals surface area (Å²) in [6.07, 6.45) is 2.74. The molecule has 0 fully saturated rings. The molecule has 14 heavy (non-hydrogen) atoms. The highest BCUT2D eigenvalue weighted by molar-refractivity contribution is 5.58. The molecule has 1 aliphatic rings. The highest BCUT2D eigenvalue weighted by Crippen LogP contribution is 2.07. The molecule has 0 amide bonds. The molecule has 3 nitrogen and oxygen atoms in total. The van der Waals surface area contributed by atoms with E-state index < -0.39 is 0 Å². The first-order valence-corrected chi connectivity index (χ1v) is 4.74. The van der Waals surface area contributed by atoms with Gasteiger partial charge in [-0.15, -0.1) is 0 Å². The standard InChI is InChI=1S/C11H13NO2/c1-2-4-10(5-3-1)8-13-9-11-6-7-12-14-11/h1-5,7,11H,6,8-9H2. The fraction of sp³-hybridized carbons (Fsp3) is 0.364. The molecule has 74 valence electrons. The Kier molecular flexibility index (Phi) is 3.14. The number of oxime groups is 1. The lowest BCUT2D eigenvalue weighted by Gasteiger charge is -2.08. The van der Waals surface area contributed by atoms with Crippen LogP contribution in [0.5, 0.6) is 0 Å². The lowest BCUT2D eigenvalue weighted by Crippen LogP contribution is -2.14. The van der Waals surface area contributed by atoms with E-state index in [2.05, 4.69) is 5.16 Å². The molecule has 2 rings (SSSR count). The maximum atomic E-state index is 5.50. The maximum absolute atomic E-state index is 5.50. The normalized spacial score (nSPS) is 19.6. The maximum Gasteiger partial charge on any atom is 0.155 e. The van der Waals surface area contributed by atoms with Crippen LogP contribution < -0.4 is 0 Å². The van der Waals surface area contributed by atoms with Crippen molar-refractivity contribution < 1.29 is 9.57 Å². The largest absolute Gasteiger partial charge is 0.390 e. The lowest BCUT2D eigenvalue weighted by molar-refractivity contribution is -0.00305. The predicted octanol–water partition coefficient (Wildman–Crippen LogP) is 1.98. The van der Waals surface area contributed by atoms with Crippen molar-refractivity contribution in [2.45, 2.75) is 19.1 Å². The average molecular weight is 191 g/mol. The Morgan fingerprint density at radius 2 is 2.21 bits per heavy atom. The Balaban J connectivity index is 1.68. The van der Waals surface area contributed by atoms with Crippen LogP contribution in [0.25, 0.3) is 0 Å². The van der Waals surface area contributed by atoms with Crippen LogP contribution >= 0.6 is 0 Å². The highest BCUT2D eigenvalue weighted by Gasteiger charge is 2.12. The van der Waals surface area contributed by atoms with E-state index in [4.69, 9.17) is 9.57 Å². The van der Waals surface area contributed by atoms with Gasteiger partial charge in [0.15, 0.2) is 6.10 Å².